The highest BCUT2D eigenvalue weighted by molar-refractivity contribution is 6.62. The van der Waals surface area contributed by atoms with Crippen LogP contribution in [0.2, 0.25) is 5.15 Å². The van der Waals surface area contributed by atoms with Gasteiger partial charge in [0, 0.05) is 17.0 Å². The molecule has 4 nitrogen and oxygen atoms in total. The maximum absolute atomic E-state index is 8.98. The molecule has 15 heavy (non-hydrogen) atoms. The number of pyridine rings is 2. The summed E-state index contributed by atoms with van der Waals surface area (Å²) >= 11 is 5.74. The maximum atomic E-state index is 8.98. The van der Waals surface area contributed by atoms with Crippen LogP contribution in [0.15, 0.2) is 24.5 Å². The van der Waals surface area contributed by atoms with E-state index in [0.29, 0.717) is 5.52 Å². The van der Waals surface area contributed by atoms with Gasteiger partial charge in [0.25, 0.3) is 0 Å². The summed E-state index contributed by atoms with van der Waals surface area (Å²) in [7, 11) is -1.60. The predicted octanol–water partition coefficient (Wildman–Crippen LogP) is 0.599. The van der Waals surface area contributed by atoms with Crippen LogP contribution >= 0.6 is 11.6 Å². The van der Waals surface area contributed by atoms with Crippen molar-refractivity contribution in [1.29, 1.82) is 0 Å². The SMILES string of the molecule is C.OB(O)c1cc2ccncc2nc1Cl. The third kappa shape index (κ3) is 2.26. The van der Waals surface area contributed by atoms with E-state index < -0.39 is 7.12 Å². The van der Waals surface area contributed by atoms with Crippen LogP contribution in [0.3, 0.4) is 0 Å². The summed E-state index contributed by atoms with van der Waals surface area (Å²) in [5.41, 5.74) is 0.826. The molecule has 0 aliphatic rings. The fraction of sp³-hybridized carbons (Fsp3) is 0.111. The lowest BCUT2D eigenvalue weighted by Crippen LogP contribution is -2.31. The van der Waals surface area contributed by atoms with Crippen LogP contribution in [-0.2, 0) is 0 Å². The first-order chi connectivity index (χ1) is 6.68. The molecule has 2 aromatic heterocycles. The van der Waals surface area contributed by atoms with Crippen molar-refractivity contribution >= 4 is 35.1 Å². The quantitative estimate of drug-likeness (QED) is 0.550. The number of fused-ring (bicyclic) bond motifs is 1. The van der Waals surface area contributed by atoms with E-state index in [2.05, 4.69) is 9.97 Å². The summed E-state index contributed by atoms with van der Waals surface area (Å²) in [5.74, 6) is 0. The number of halogens is 1. The van der Waals surface area contributed by atoms with Crippen LogP contribution in [0.25, 0.3) is 10.9 Å². The van der Waals surface area contributed by atoms with Gasteiger partial charge in [0.2, 0.25) is 0 Å². The van der Waals surface area contributed by atoms with Crippen LogP contribution in [0, 0.1) is 0 Å². The fourth-order valence-electron chi connectivity index (χ4n) is 1.19. The van der Waals surface area contributed by atoms with E-state index in [0.717, 1.165) is 5.39 Å². The molecule has 0 fully saturated rings. The van der Waals surface area contributed by atoms with E-state index >= 15 is 0 Å². The summed E-state index contributed by atoms with van der Waals surface area (Å²) in [6.45, 7) is 0. The molecule has 0 atom stereocenters. The van der Waals surface area contributed by atoms with E-state index in [-0.39, 0.29) is 18.0 Å². The van der Waals surface area contributed by atoms with E-state index in [4.69, 9.17) is 21.6 Å². The van der Waals surface area contributed by atoms with Crippen LogP contribution in [-0.4, -0.2) is 27.1 Å². The monoisotopic (exact) mass is 224 g/mol. The van der Waals surface area contributed by atoms with E-state index in [1.54, 1.807) is 24.5 Å². The van der Waals surface area contributed by atoms with E-state index in [1.165, 1.54) is 0 Å². The molecular formula is C9H10BClN2O2. The van der Waals surface area contributed by atoms with Gasteiger partial charge < -0.3 is 10.0 Å². The Hall–Kier alpha value is -1.17. The number of rotatable bonds is 1. The highest BCUT2D eigenvalue weighted by Crippen LogP contribution is 2.12. The van der Waals surface area contributed by atoms with Gasteiger partial charge in [-0.05, 0) is 12.1 Å². The van der Waals surface area contributed by atoms with Crippen molar-refractivity contribution in [2.75, 3.05) is 0 Å². The molecule has 0 amide bonds. The Morgan fingerprint density at radius 2 is 2.07 bits per heavy atom. The Balaban J connectivity index is 0.00000112. The Morgan fingerprint density at radius 3 is 2.73 bits per heavy atom. The third-order valence-electron chi connectivity index (χ3n) is 1.88. The van der Waals surface area contributed by atoms with Crippen LogP contribution in [0.1, 0.15) is 7.43 Å². The number of hydrogen-bond donors (Lipinski definition) is 2. The summed E-state index contributed by atoms with van der Waals surface area (Å²) in [4.78, 5) is 7.86. The number of nitrogens with zero attached hydrogens (tertiary/aromatic N) is 2. The van der Waals surface area contributed by atoms with Gasteiger partial charge in [-0.2, -0.15) is 0 Å². The van der Waals surface area contributed by atoms with E-state index in [1.807, 2.05) is 0 Å². The molecule has 0 unspecified atom stereocenters. The Bertz CT molecular complexity index is 479. The molecule has 0 saturated heterocycles. The van der Waals surface area contributed by atoms with Gasteiger partial charge in [-0.1, -0.05) is 19.0 Å². The van der Waals surface area contributed by atoms with Crippen LogP contribution in [0.4, 0.5) is 0 Å². The molecule has 0 spiro atoms. The largest absolute Gasteiger partial charge is 0.491 e. The predicted molar refractivity (Wildman–Crippen MR) is 61.1 cm³/mol. The molecule has 78 valence electrons. The zero-order chi connectivity index (χ0) is 10.1. The lowest BCUT2D eigenvalue weighted by Gasteiger charge is -2.03. The van der Waals surface area contributed by atoms with Crippen molar-refractivity contribution in [2.45, 2.75) is 7.43 Å². The lowest BCUT2D eigenvalue weighted by molar-refractivity contribution is 0.425. The zero-order valence-electron chi connectivity index (χ0n) is 7.05. The molecule has 0 aliphatic heterocycles. The van der Waals surface area contributed by atoms with Crippen LogP contribution in [0.5, 0.6) is 0 Å². The minimum atomic E-state index is -1.60. The average molecular weight is 224 g/mol. The van der Waals surface area contributed by atoms with Crippen LogP contribution < -0.4 is 5.46 Å². The molecule has 2 rings (SSSR count). The topological polar surface area (TPSA) is 66.2 Å². The van der Waals surface area contributed by atoms with Crippen molar-refractivity contribution in [3.8, 4) is 0 Å². The molecule has 0 radical (unpaired) electrons. The second-order valence-corrected chi connectivity index (χ2v) is 3.17. The molecule has 0 aliphatic carbocycles. The van der Waals surface area contributed by atoms with Gasteiger partial charge in [0.1, 0.15) is 5.15 Å². The van der Waals surface area contributed by atoms with Crippen molar-refractivity contribution in [1.82, 2.24) is 9.97 Å². The molecule has 2 N–H and O–H groups in total. The second-order valence-electron chi connectivity index (χ2n) is 2.81. The first-order valence-electron chi connectivity index (χ1n) is 3.95. The number of hydrogen-bond acceptors (Lipinski definition) is 4. The molecule has 2 aromatic rings. The third-order valence-corrected chi connectivity index (χ3v) is 2.18. The van der Waals surface area contributed by atoms with Gasteiger partial charge in [0.05, 0.1) is 11.7 Å². The minimum absolute atomic E-state index is 0. The normalized spacial score (nSPS) is 9.80. The number of aromatic nitrogens is 2. The molecule has 6 heteroatoms. The van der Waals surface area contributed by atoms with Gasteiger partial charge >= 0.3 is 7.12 Å². The van der Waals surface area contributed by atoms with Crippen molar-refractivity contribution in [3.63, 3.8) is 0 Å². The Labute approximate surface area is 92.7 Å². The molecule has 0 bridgehead atoms. The fourth-order valence-corrected chi connectivity index (χ4v) is 1.43. The highest BCUT2D eigenvalue weighted by Gasteiger charge is 2.16. The molecule has 0 aromatic carbocycles. The molecule has 2 heterocycles. The highest BCUT2D eigenvalue weighted by atomic mass is 35.5. The standard InChI is InChI=1S/C8H6BClN2O2.CH4/c10-8-6(9(13)14)3-5-1-2-11-4-7(5)12-8;/h1-4,13-14H;1H4. The van der Waals surface area contributed by atoms with Gasteiger partial charge in [-0.15, -0.1) is 0 Å². The summed E-state index contributed by atoms with van der Waals surface area (Å²) in [6.07, 6.45) is 3.17. The van der Waals surface area contributed by atoms with Gasteiger partial charge in [0.15, 0.2) is 0 Å². The first kappa shape index (κ1) is 11.9. The summed E-state index contributed by atoms with van der Waals surface area (Å²) in [5, 5.41) is 18.8. The van der Waals surface area contributed by atoms with Gasteiger partial charge in [-0.25, -0.2) is 4.98 Å². The summed E-state index contributed by atoms with van der Waals surface area (Å²) < 4.78 is 0. The first-order valence-corrected chi connectivity index (χ1v) is 4.32. The van der Waals surface area contributed by atoms with Gasteiger partial charge in [-0.3, -0.25) is 4.98 Å². The van der Waals surface area contributed by atoms with Crippen molar-refractivity contribution in [3.05, 3.63) is 29.7 Å². The lowest BCUT2D eigenvalue weighted by atomic mass is 9.81. The molecular weight excluding hydrogens is 214 g/mol. The summed E-state index contributed by atoms with van der Waals surface area (Å²) in [6, 6.07) is 3.31. The Morgan fingerprint density at radius 1 is 1.33 bits per heavy atom. The maximum Gasteiger partial charge on any atom is 0.491 e. The Kier molecular flexibility index (Phi) is 3.63. The van der Waals surface area contributed by atoms with E-state index in [9.17, 15) is 0 Å². The second kappa shape index (κ2) is 4.57. The minimum Gasteiger partial charge on any atom is -0.423 e. The van der Waals surface area contributed by atoms with Crippen molar-refractivity contribution in [2.24, 2.45) is 0 Å². The smallest absolute Gasteiger partial charge is 0.423 e. The van der Waals surface area contributed by atoms with Crippen molar-refractivity contribution < 1.29 is 10.0 Å². The molecule has 0 saturated carbocycles. The zero-order valence-corrected chi connectivity index (χ0v) is 7.81. The average Bonchev–Trinajstić information content (AvgIpc) is 2.16.